The molecule has 0 radical (unpaired) electrons. The van der Waals surface area contributed by atoms with Gasteiger partial charge in [-0.05, 0) is 29.3 Å². The molecule has 0 atom stereocenters. The lowest BCUT2D eigenvalue weighted by Gasteiger charge is -2.15. The quantitative estimate of drug-likeness (QED) is 0.598. The largest absolute Gasteiger partial charge is 0.397 e. The second kappa shape index (κ2) is 7.06. The van der Waals surface area contributed by atoms with Gasteiger partial charge in [0.25, 0.3) is 0 Å². The molecule has 0 bridgehead atoms. The Hall–Kier alpha value is -0.293. The van der Waals surface area contributed by atoms with E-state index < -0.39 is 9.28 Å². The maximum atomic E-state index is 5.40. The van der Waals surface area contributed by atoms with Crippen LogP contribution in [0.4, 0.5) is 0 Å². The van der Waals surface area contributed by atoms with Crippen molar-refractivity contribution in [1.82, 2.24) is 0 Å². The number of hydrogen-bond acceptors (Lipinski definition) is 3. The molecule has 15 heavy (non-hydrogen) atoms. The Bertz CT molecular complexity index is 290. The monoisotopic (exact) mass is 242 g/mol. The maximum absolute atomic E-state index is 5.40. The SMILES string of the molecule is CO[SiH](OC)c1ccccc1CCCS. The summed E-state index contributed by atoms with van der Waals surface area (Å²) >= 11 is 4.23. The number of hydrogen-bond donors (Lipinski definition) is 1. The summed E-state index contributed by atoms with van der Waals surface area (Å²) in [4.78, 5) is 0. The molecule has 0 aliphatic rings. The van der Waals surface area contributed by atoms with Gasteiger partial charge in [-0.15, -0.1) is 0 Å². The first-order valence-corrected chi connectivity index (χ1v) is 7.23. The van der Waals surface area contributed by atoms with E-state index in [9.17, 15) is 0 Å². The standard InChI is InChI=1S/C11H18O2SSi/c1-12-15(13-2)11-8-4-3-6-10(11)7-5-9-14/h3-4,6,8,14-15H,5,7,9H2,1-2H3. The van der Waals surface area contributed by atoms with Crippen LogP contribution >= 0.6 is 12.6 Å². The summed E-state index contributed by atoms with van der Waals surface area (Å²) in [5.74, 6) is 0.917. The molecule has 84 valence electrons. The lowest BCUT2D eigenvalue weighted by Crippen LogP contribution is -2.37. The average Bonchev–Trinajstić information content (AvgIpc) is 2.29. The fourth-order valence-electron chi connectivity index (χ4n) is 1.61. The Balaban J connectivity index is 2.84. The molecule has 1 aromatic rings. The Labute approximate surface area is 98.9 Å². The van der Waals surface area contributed by atoms with E-state index in [1.165, 1.54) is 10.8 Å². The van der Waals surface area contributed by atoms with Gasteiger partial charge in [-0.2, -0.15) is 12.6 Å². The van der Waals surface area contributed by atoms with Crippen LogP contribution in [0.15, 0.2) is 24.3 Å². The van der Waals surface area contributed by atoms with E-state index in [1.807, 2.05) is 6.07 Å². The molecule has 2 nitrogen and oxygen atoms in total. The zero-order valence-corrected chi connectivity index (χ0v) is 11.3. The third kappa shape index (κ3) is 3.64. The van der Waals surface area contributed by atoms with Gasteiger partial charge in [-0.25, -0.2) is 0 Å². The van der Waals surface area contributed by atoms with E-state index >= 15 is 0 Å². The molecule has 0 aliphatic carbocycles. The van der Waals surface area contributed by atoms with Gasteiger partial charge in [-0.3, -0.25) is 0 Å². The first-order valence-electron chi connectivity index (χ1n) is 5.07. The smallest absolute Gasteiger partial charge is 0.355 e. The van der Waals surface area contributed by atoms with Gasteiger partial charge in [0.05, 0.1) is 0 Å². The summed E-state index contributed by atoms with van der Waals surface area (Å²) in [6.45, 7) is 0. The van der Waals surface area contributed by atoms with Crippen molar-refractivity contribution in [1.29, 1.82) is 0 Å². The van der Waals surface area contributed by atoms with Crippen LogP contribution in [0.3, 0.4) is 0 Å². The Morgan fingerprint density at radius 3 is 2.47 bits per heavy atom. The third-order valence-corrected chi connectivity index (χ3v) is 4.59. The molecule has 1 rings (SSSR count). The highest BCUT2D eigenvalue weighted by Crippen LogP contribution is 2.04. The van der Waals surface area contributed by atoms with E-state index in [-0.39, 0.29) is 0 Å². The fraction of sp³-hybridized carbons (Fsp3) is 0.455. The minimum absolute atomic E-state index is 0.917. The molecule has 0 amide bonds. The molecule has 0 unspecified atom stereocenters. The number of thiol groups is 1. The summed E-state index contributed by atoms with van der Waals surface area (Å²) in [6.07, 6.45) is 2.14. The van der Waals surface area contributed by atoms with Gasteiger partial charge < -0.3 is 8.85 Å². The first kappa shape index (κ1) is 12.8. The van der Waals surface area contributed by atoms with E-state index in [2.05, 4.69) is 30.8 Å². The number of benzene rings is 1. The van der Waals surface area contributed by atoms with Crippen molar-refractivity contribution in [2.24, 2.45) is 0 Å². The molecule has 0 aliphatic heterocycles. The highest BCUT2D eigenvalue weighted by atomic mass is 32.1. The van der Waals surface area contributed by atoms with Crippen LogP contribution in [0.5, 0.6) is 0 Å². The van der Waals surface area contributed by atoms with Crippen molar-refractivity contribution in [3.63, 3.8) is 0 Å². The lowest BCUT2D eigenvalue weighted by molar-refractivity contribution is 0.291. The molecular weight excluding hydrogens is 224 g/mol. The van der Waals surface area contributed by atoms with Gasteiger partial charge in [-0.1, -0.05) is 24.3 Å². The van der Waals surface area contributed by atoms with Crippen LogP contribution in [0.1, 0.15) is 12.0 Å². The summed E-state index contributed by atoms with van der Waals surface area (Å²) < 4.78 is 10.8. The molecule has 0 fully saturated rings. The van der Waals surface area contributed by atoms with Crippen molar-refractivity contribution in [3.8, 4) is 0 Å². The first-order chi connectivity index (χ1) is 7.33. The summed E-state index contributed by atoms with van der Waals surface area (Å²) in [5.41, 5.74) is 1.34. The van der Waals surface area contributed by atoms with E-state index in [1.54, 1.807) is 14.2 Å². The van der Waals surface area contributed by atoms with Crippen molar-refractivity contribution in [2.45, 2.75) is 12.8 Å². The van der Waals surface area contributed by atoms with Gasteiger partial charge >= 0.3 is 9.28 Å². The van der Waals surface area contributed by atoms with E-state index in [0.29, 0.717) is 0 Å². The highest BCUT2D eigenvalue weighted by molar-refractivity contribution is 7.80. The van der Waals surface area contributed by atoms with Gasteiger partial charge in [0.2, 0.25) is 0 Å². The van der Waals surface area contributed by atoms with Crippen LogP contribution in [-0.2, 0) is 15.3 Å². The molecule has 0 spiro atoms. The minimum atomic E-state index is -1.66. The van der Waals surface area contributed by atoms with Gasteiger partial charge in [0, 0.05) is 14.2 Å². The third-order valence-electron chi connectivity index (χ3n) is 2.34. The second-order valence-electron chi connectivity index (χ2n) is 3.33. The topological polar surface area (TPSA) is 18.5 Å². The molecule has 0 N–H and O–H groups in total. The molecule has 0 saturated carbocycles. The summed E-state index contributed by atoms with van der Waals surface area (Å²) in [5, 5.41) is 1.25. The molecule has 4 heteroatoms. The zero-order chi connectivity index (χ0) is 11.1. The Morgan fingerprint density at radius 2 is 1.87 bits per heavy atom. The molecular formula is C11H18O2SSi. The predicted octanol–water partition coefficient (Wildman–Crippen LogP) is 1.27. The van der Waals surface area contributed by atoms with Gasteiger partial charge in [0.1, 0.15) is 0 Å². The Kier molecular flexibility index (Phi) is 6.01. The zero-order valence-electron chi connectivity index (χ0n) is 9.27. The van der Waals surface area contributed by atoms with Crippen molar-refractivity contribution in [2.75, 3.05) is 20.0 Å². The highest BCUT2D eigenvalue weighted by Gasteiger charge is 2.16. The van der Waals surface area contributed by atoms with Crippen LogP contribution in [0.25, 0.3) is 0 Å². The average molecular weight is 242 g/mol. The summed E-state index contributed by atoms with van der Waals surface area (Å²) in [7, 11) is 1.78. The summed E-state index contributed by atoms with van der Waals surface area (Å²) in [6, 6.07) is 8.36. The van der Waals surface area contributed by atoms with E-state index in [0.717, 1.165) is 18.6 Å². The predicted molar refractivity (Wildman–Crippen MR) is 69.4 cm³/mol. The van der Waals surface area contributed by atoms with Gasteiger partial charge in [0.15, 0.2) is 0 Å². The maximum Gasteiger partial charge on any atom is 0.355 e. The van der Waals surface area contributed by atoms with Crippen LogP contribution < -0.4 is 5.19 Å². The molecule has 1 aromatic carbocycles. The second-order valence-corrected chi connectivity index (χ2v) is 6.01. The van der Waals surface area contributed by atoms with E-state index in [4.69, 9.17) is 8.85 Å². The molecule has 0 saturated heterocycles. The Morgan fingerprint density at radius 1 is 1.20 bits per heavy atom. The molecule has 0 aromatic heterocycles. The van der Waals surface area contributed by atoms with Crippen LogP contribution in [0.2, 0.25) is 0 Å². The van der Waals surface area contributed by atoms with Crippen LogP contribution in [-0.4, -0.2) is 29.3 Å². The van der Waals surface area contributed by atoms with Crippen molar-refractivity contribution >= 4 is 27.1 Å². The number of rotatable bonds is 6. The normalized spacial score (nSPS) is 10.9. The lowest BCUT2D eigenvalue weighted by atomic mass is 10.1. The molecule has 0 heterocycles. The number of aryl methyl sites for hydroxylation is 1. The fourth-order valence-corrected chi connectivity index (χ4v) is 3.28. The van der Waals surface area contributed by atoms with Crippen molar-refractivity contribution < 1.29 is 8.85 Å². The van der Waals surface area contributed by atoms with Crippen LogP contribution in [0, 0.1) is 0 Å². The van der Waals surface area contributed by atoms with Crippen molar-refractivity contribution in [3.05, 3.63) is 29.8 Å². The minimum Gasteiger partial charge on any atom is -0.397 e.